The maximum absolute atomic E-state index is 12.1. The zero-order valence-electron chi connectivity index (χ0n) is 12.4. The van der Waals surface area contributed by atoms with Crippen LogP contribution in [-0.2, 0) is 9.53 Å². The molecule has 0 atom stereocenters. The van der Waals surface area contributed by atoms with Gasteiger partial charge in [0, 0.05) is 5.56 Å². The molecule has 0 radical (unpaired) electrons. The van der Waals surface area contributed by atoms with E-state index in [9.17, 15) is 9.59 Å². The second-order valence-corrected chi connectivity index (χ2v) is 4.44. The van der Waals surface area contributed by atoms with Crippen LogP contribution in [-0.4, -0.2) is 29.3 Å². The minimum Gasteiger partial charge on any atom is -0.461 e. The van der Waals surface area contributed by atoms with E-state index in [-0.39, 0.29) is 12.2 Å². The number of esters is 1. The molecule has 0 fully saturated rings. The second kappa shape index (κ2) is 7.74. The maximum atomic E-state index is 12.1. The van der Waals surface area contributed by atoms with Crippen molar-refractivity contribution in [3.63, 3.8) is 0 Å². The average molecular weight is 313 g/mol. The third-order valence-corrected chi connectivity index (χ3v) is 2.88. The first-order chi connectivity index (χ1) is 11.2. The van der Waals surface area contributed by atoms with Crippen molar-refractivity contribution in [1.82, 2.24) is 0 Å². The van der Waals surface area contributed by atoms with E-state index < -0.39 is 17.5 Å². The van der Waals surface area contributed by atoms with Crippen molar-refractivity contribution in [2.24, 2.45) is 5.16 Å². The van der Waals surface area contributed by atoms with E-state index in [1.165, 1.54) is 12.1 Å². The molecule has 23 heavy (non-hydrogen) atoms. The fourth-order valence-corrected chi connectivity index (χ4v) is 1.81. The summed E-state index contributed by atoms with van der Waals surface area (Å²) >= 11 is 0. The van der Waals surface area contributed by atoms with E-state index in [2.05, 4.69) is 9.89 Å². The second-order valence-electron chi connectivity index (χ2n) is 4.44. The highest BCUT2D eigenvalue weighted by atomic mass is 16.5. The first-order valence-corrected chi connectivity index (χ1v) is 6.92. The smallest absolute Gasteiger partial charge is 0.364 e. The van der Waals surface area contributed by atoms with Gasteiger partial charge in [-0.3, -0.25) is 4.79 Å². The lowest BCUT2D eigenvalue weighted by molar-refractivity contribution is -0.135. The van der Waals surface area contributed by atoms with Crippen molar-refractivity contribution < 1.29 is 24.3 Å². The summed E-state index contributed by atoms with van der Waals surface area (Å²) in [4.78, 5) is 23.7. The highest BCUT2D eigenvalue weighted by Gasteiger charge is 2.24. The van der Waals surface area contributed by atoms with Crippen LogP contribution in [0.3, 0.4) is 0 Å². The number of carbonyl (C=O) groups is 2. The Balaban J connectivity index is 2.12. The van der Waals surface area contributed by atoms with Gasteiger partial charge in [0.25, 0.3) is 0 Å². The molecule has 2 rings (SSSR count). The summed E-state index contributed by atoms with van der Waals surface area (Å²) in [6, 6.07) is 15.3. The van der Waals surface area contributed by atoms with Crippen LogP contribution in [0.5, 0.6) is 11.5 Å². The number of hydrogen-bond acceptors (Lipinski definition) is 6. The average Bonchev–Trinajstić information content (AvgIpc) is 2.57. The Kier molecular flexibility index (Phi) is 5.46. The molecule has 6 heteroatoms. The summed E-state index contributed by atoms with van der Waals surface area (Å²) in [5.41, 5.74) is -0.477. The minimum atomic E-state index is -0.968. The molecule has 0 unspecified atom stereocenters. The van der Waals surface area contributed by atoms with Crippen LogP contribution in [0.25, 0.3) is 0 Å². The molecule has 0 heterocycles. The molecule has 0 aliphatic rings. The number of ketones is 1. The van der Waals surface area contributed by atoms with Crippen LogP contribution in [0.2, 0.25) is 0 Å². The van der Waals surface area contributed by atoms with Crippen LogP contribution in [0, 0.1) is 0 Å². The topological polar surface area (TPSA) is 85.2 Å². The number of carbonyl (C=O) groups excluding carboxylic acids is 2. The third-order valence-electron chi connectivity index (χ3n) is 2.88. The molecule has 0 saturated carbocycles. The highest BCUT2D eigenvalue weighted by Crippen LogP contribution is 2.21. The van der Waals surface area contributed by atoms with Crippen LogP contribution in [0.15, 0.2) is 59.8 Å². The summed E-state index contributed by atoms with van der Waals surface area (Å²) in [5, 5.41) is 11.6. The maximum Gasteiger partial charge on any atom is 0.364 e. The Morgan fingerprint density at radius 1 is 1.00 bits per heavy atom. The number of oxime groups is 1. The standard InChI is InChI=1S/C17H15NO5/c1-2-22-17(20)15(18-21)16(19)12-8-10-14(11-9-12)23-13-6-4-3-5-7-13/h3-11,21H,2H2,1H3/b18-15+. The van der Waals surface area contributed by atoms with Gasteiger partial charge in [-0.1, -0.05) is 23.4 Å². The van der Waals surface area contributed by atoms with Gasteiger partial charge < -0.3 is 14.7 Å². The Morgan fingerprint density at radius 2 is 1.61 bits per heavy atom. The molecule has 0 spiro atoms. The van der Waals surface area contributed by atoms with Crippen molar-refractivity contribution in [2.75, 3.05) is 6.61 Å². The predicted molar refractivity (Wildman–Crippen MR) is 83.1 cm³/mol. The molecule has 0 aromatic heterocycles. The van der Waals surface area contributed by atoms with E-state index in [4.69, 9.17) is 9.94 Å². The van der Waals surface area contributed by atoms with Crippen molar-refractivity contribution >= 4 is 17.5 Å². The van der Waals surface area contributed by atoms with Crippen LogP contribution in [0.1, 0.15) is 17.3 Å². The molecule has 0 amide bonds. The van der Waals surface area contributed by atoms with Crippen molar-refractivity contribution in [2.45, 2.75) is 6.92 Å². The number of nitrogens with zero attached hydrogens (tertiary/aromatic N) is 1. The fraction of sp³-hybridized carbons (Fsp3) is 0.118. The van der Waals surface area contributed by atoms with Crippen molar-refractivity contribution in [3.05, 3.63) is 60.2 Å². The highest BCUT2D eigenvalue weighted by molar-refractivity contribution is 6.67. The van der Waals surface area contributed by atoms with Crippen LogP contribution >= 0.6 is 0 Å². The molecule has 2 aromatic carbocycles. The summed E-state index contributed by atoms with van der Waals surface area (Å²) in [6.07, 6.45) is 0. The Morgan fingerprint density at radius 3 is 2.17 bits per heavy atom. The summed E-state index contributed by atoms with van der Waals surface area (Å²) in [7, 11) is 0. The Hall–Kier alpha value is -3.15. The lowest BCUT2D eigenvalue weighted by Crippen LogP contribution is -2.26. The van der Waals surface area contributed by atoms with Gasteiger partial charge in [-0.2, -0.15) is 0 Å². The van der Waals surface area contributed by atoms with Crippen LogP contribution in [0.4, 0.5) is 0 Å². The van der Waals surface area contributed by atoms with Gasteiger partial charge in [0.2, 0.25) is 11.5 Å². The zero-order valence-corrected chi connectivity index (χ0v) is 12.4. The van der Waals surface area contributed by atoms with Gasteiger partial charge in [-0.15, -0.1) is 0 Å². The SMILES string of the molecule is CCOC(=O)/C(=N/O)C(=O)c1ccc(Oc2ccccc2)cc1. The molecule has 6 nitrogen and oxygen atoms in total. The monoisotopic (exact) mass is 313 g/mol. The number of para-hydroxylation sites is 1. The van der Waals surface area contributed by atoms with Crippen LogP contribution < -0.4 is 4.74 Å². The van der Waals surface area contributed by atoms with Gasteiger partial charge >= 0.3 is 5.97 Å². The van der Waals surface area contributed by atoms with E-state index >= 15 is 0 Å². The number of Topliss-reactive ketones (excluding diaryl/α,β-unsaturated/α-hetero) is 1. The minimum absolute atomic E-state index is 0.0784. The van der Waals surface area contributed by atoms with Gasteiger partial charge in [-0.05, 0) is 43.3 Å². The third kappa shape index (κ3) is 4.16. The van der Waals surface area contributed by atoms with Crippen molar-refractivity contribution in [1.29, 1.82) is 0 Å². The molecule has 0 saturated heterocycles. The zero-order chi connectivity index (χ0) is 16.7. The molecular formula is C17H15NO5. The summed E-state index contributed by atoms with van der Waals surface area (Å²) in [5.74, 6) is -0.496. The molecule has 0 bridgehead atoms. The fourth-order valence-electron chi connectivity index (χ4n) is 1.81. The summed E-state index contributed by atoms with van der Waals surface area (Å²) in [6.45, 7) is 1.67. The molecule has 0 aliphatic carbocycles. The molecule has 2 aromatic rings. The Labute approximate surface area is 133 Å². The molecule has 0 aliphatic heterocycles. The van der Waals surface area contributed by atoms with Gasteiger partial charge in [0.1, 0.15) is 11.5 Å². The lowest BCUT2D eigenvalue weighted by Gasteiger charge is -2.07. The normalized spacial score (nSPS) is 10.9. The van der Waals surface area contributed by atoms with Gasteiger partial charge in [0.05, 0.1) is 6.61 Å². The first kappa shape index (κ1) is 16.2. The largest absolute Gasteiger partial charge is 0.461 e. The van der Waals surface area contributed by atoms with E-state index in [1.807, 2.05) is 18.2 Å². The van der Waals surface area contributed by atoms with E-state index in [0.29, 0.717) is 11.5 Å². The molecular weight excluding hydrogens is 298 g/mol. The molecule has 118 valence electrons. The number of ether oxygens (including phenoxy) is 2. The van der Waals surface area contributed by atoms with E-state index in [0.717, 1.165) is 0 Å². The number of rotatable bonds is 6. The predicted octanol–water partition coefficient (Wildman–Crippen LogP) is 3.05. The Bertz CT molecular complexity index is 708. The van der Waals surface area contributed by atoms with Gasteiger partial charge in [0.15, 0.2) is 0 Å². The van der Waals surface area contributed by atoms with Crippen molar-refractivity contribution in [3.8, 4) is 11.5 Å². The first-order valence-electron chi connectivity index (χ1n) is 6.92. The van der Waals surface area contributed by atoms with Gasteiger partial charge in [-0.25, -0.2) is 4.79 Å². The molecule has 1 N–H and O–H groups in total. The number of benzene rings is 2. The quantitative estimate of drug-likeness (QED) is 0.221. The lowest BCUT2D eigenvalue weighted by atomic mass is 10.1. The number of hydrogen-bond donors (Lipinski definition) is 1. The van der Waals surface area contributed by atoms with E-state index in [1.54, 1.807) is 31.2 Å². The summed E-state index contributed by atoms with van der Waals surface area (Å²) < 4.78 is 10.3.